The van der Waals surface area contributed by atoms with Gasteiger partial charge in [0.2, 0.25) is 11.1 Å². The molecule has 26 heavy (non-hydrogen) atoms. The van der Waals surface area contributed by atoms with E-state index in [2.05, 4.69) is 15.5 Å². The van der Waals surface area contributed by atoms with Crippen LogP contribution in [0.2, 0.25) is 0 Å². The lowest BCUT2D eigenvalue weighted by Gasteiger charge is -2.14. The van der Waals surface area contributed by atoms with Crippen LogP contribution < -0.4 is 11.2 Å². The van der Waals surface area contributed by atoms with E-state index in [0.717, 1.165) is 11.1 Å². The van der Waals surface area contributed by atoms with Gasteiger partial charge in [-0.05, 0) is 24.6 Å². The number of rotatable bonds is 6. The number of nitrogens with one attached hydrogen (secondary N) is 1. The number of nitrogens with two attached hydrogens (primary N) is 1. The first-order valence-corrected chi connectivity index (χ1v) is 8.96. The Balaban J connectivity index is 1.58. The number of carbonyl (C=O) groups excluding carboxylic acids is 1. The summed E-state index contributed by atoms with van der Waals surface area (Å²) >= 11 is 1.20. The summed E-state index contributed by atoms with van der Waals surface area (Å²) in [5, 5.41) is 11.4. The maximum Gasteiger partial charge on any atom is 0.230 e. The molecule has 0 saturated carbocycles. The maximum absolute atomic E-state index is 13.0. The largest absolute Gasteiger partial charge is 0.349 e. The van der Waals surface area contributed by atoms with E-state index in [0.29, 0.717) is 11.0 Å². The summed E-state index contributed by atoms with van der Waals surface area (Å²) in [5.74, 6) is 6.24. The molecule has 134 valence electrons. The highest BCUT2D eigenvalue weighted by molar-refractivity contribution is 7.99. The Morgan fingerprint density at radius 3 is 2.58 bits per heavy atom. The van der Waals surface area contributed by atoms with Crippen molar-refractivity contribution in [2.75, 3.05) is 11.6 Å². The summed E-state index contributed by atoms with van der Waals surface area (Å²) in [4.78, 5) is 12.2. The number of carbonyl (C=O) groups is 1. The van der Waals surface area contributed by atoms with Crippen LogP contribution in [-0.2, 0) is 4.79 Å². The van der Waals surface area contributed by atoms with Crippen LogP contribution >= 0.6 is 11.8 Å². The fourth-order valence-corrected chi connectivity index (χ4v) is 3.08. The average Bonchev–Trinajstić information content (AvgIpc) is 3.02. The molecule has 1 heterocycles. The second kappa shape index (κ2) is 8.01. The SMILES string of the molecule is CC(NC(=O)CSc1nnc(-c2ccccc2)n1N)c1ccc(F)cc1. The molecule has 1 unspecified atom stereocenters. The van der Waals surface area contributed by atoms with Gasteiger partial charge in [-0.15, -0.1) is 10.2 Å². The molecule has 0 aliphatic heterocycles. The summed E-state index contributed by atoms with van der Waals surface area (Å²) in [7, 11) is 0. The highest BCUT2D eigenvalue weighted by atomic mass is 32.2. The molecule has 2 aromatic carbocycles. The van der Waals surface area contributed by atoms with E-state index < -0.39 is 0 Å². The van der Waals surface area contributed by atoms with Gasteiger partial charge < -0.3 is 11.2 Å². The third kappa shape index (κ3) is 4.20. The topological polar surface area (TPSA) is 85.8 Å². The van der Waals surface area contributed by atoms with Crippen LogP contribution in [0.3, 0.4) is 0 Å². The number of aromatic nitrogens is 3. The molecule has 1 aromatic heterocycles. The Bertz CT molecular complexity index is 882. The number of nitrogens with zero attached hydrogens (tertiary/aromatic N) is 3. The van der Waals surface area contributed by atoms with Crippen LogP contribution in [0.4, 0.5) is 4.39 Å². The van der Waals surface area contributed by atoms with Gasteiger partial charge in [-0.1, -0.05) is 54.2 Å². The number of halogens is 1. The standard InChI is InChI=1S/C18H18FN5OS/c1-12(13-7-9-15(19)10-8-13)21-16(25)11-26-18-23-22-17(24(18)20)14-5-3-2-4-6-14/h2-10,12H,11,20H2,1H3,(H,21,25). The normalized spacial score (nSPS) is 11.9. The van der Waals surface area contributed by atoms with Crippen molar-refractivity contribution in [1.82, 2.24) is 20.2 Å². The second-order valence-electron chi connectivity index (χ2n) is 5.67. The van der Waals surface area contributed by atoms with Crippen molar-refractivity contribution in [3.8, 4) is 11.4 Å². The van der Waals surface area contributed by atoms with Gasteiger partial charge in [-0.2, -0.15) is 0 Å². The van der Waals surface area contributed by atoms with Crippen LogP contribution in [-0.4, -0.2) is 26.5 Å². The van der Waals surface area contributed by atoms with E-state index in [9.17, 15) is 9.18 Å². The number of thioether (sulfide) groups is 1. The highest BCUT2D eigenvalue weighted by Crippen LogP contribution is 2.21. The predicted molar refractivity (Wildman–Crippen MR) is 99.3 cm³/mol. The van der Waals surface area contributed by atoms with Crippen LogP contribution in [0.5, 0.6) is 0 Å². The molecule has 0 aliphatic rings. The maximum atomic E-state index is 13.0. The summed E-state index contributed by atoms with van der Waals surface area (Å²) in [6, 6.07) is 15.3. The number of amides is 1. The fraction of sp³-hybridized carbons (Fsp3) is 0.167. The van der Waals surface area contributed by atoms with Crippen molar-refractivity contribution < 1.29 is 9.18 Å². The zero-order valence-corrected chi connectivity index (χ0v) is 14.9. The monoisotopic (exact) mass is 371 g/mol. The summed E-state index contributed by atoms with van der Waals surface area (Å²) in [6.07, 6.45) is 0. The third-order valence-corrected chi connectivity index (χ3v) is 4.72. The smallest absolute Gasteiger partial charge is 0.230 e. The van der Waals surface area contributed by atoms with Crippen molar-refractivity contribution in [2.24, 2.45) is 0 Å². The number of nitrogen functional groups attached to an aromatic ring is 1. The zero-order chi connectivity index (χ0) is 18.5. The van der Waals surface area contributed by atoms with Crippen molar-refractivity contribution >= 4 is 17.7 Å². The minimum atomic E-state index is -0.306. The highest BCUT2D eigenvalue weighted by Gasteiger charge is 2.15. The van der Waals surface area contributed by atoms with Gasteiger partial charge in [0, 0.05) is 5.56 Å². The fourth-order valence-electron chi connectivity index (χ4n) is 2.41. The van der Waals surface area contributed by atoms with Gasteiger partial charge in [-0.25, -0.2) is 9.07 Å². The van der Waals surface area contributed by atoms with E-state index in [-0.39, 0.29) is 23.5 Å². The number of benzene rings is 2. The molecule has 0 bridgehead atoms. The predicted octanol–water partition coefficient (Wildman–Crippen LogP) is 2.77. The van der Waals surface area contributed by atoms with Gasteiger partial charge in [0.1, 0.15) is 5.82 Å². The van der Waals surface area contributed by atoms with Crippen LogP contribution in [0.25, 0.3) is 11.4 Å². The summed E-state index contributed by atoms with van der Waals surface area (Å²) in [6.45, 7) is 1.84. The molecule has 1 amide bonds. The van der Waals surface area contributed by atoms with Gasteiger partial charge >= 0.3 is 0 Å². The van der Waals surface area contributed by atoms with E-state index in [1.165, 1.54) is 28.6 Å². The molecule has 1 atom stereocenters. The van der Waals surface area contributed by atoms with Crippen molar-refractivity contribution in [1.29, 1.82) is 0 Å². The molecule has 3 N–H and O–H groups in total. The van der Waals surface area contributed by atoms with E-state index in [1.807, 2.05) is 37.3 Å². The summed E-state index contributed by atoms with van der Waals surface area (Å²) < 4.78 is 14.3. The molecule has 6 nitrogen and oxygen atoms in total. The molecule has 3 aromatic rings. The molecule has 0 saturated heterocycles. The van der Waals surface area contributed by atoms with Gasteiger partial charge in [-0.3, -0.25) is 4.79 Å². The van der Waals surface area contributed by atoms with Crippen molar-refractivity contribution in [3.63, 3.8) is 0 Å². The Morgan fingerprint density at radius 2 is 1.88 bits per heavy atom. The Morgan fingerprint density at radius 1 is 1.19 bits per heavy atom. The molecule has 0 aliphatic carbocycles. The first kappa shape index (κ1) is 17.9. The molecule has 0 fully saturated rings. The lowest BCUT2D eigenvalue weighted by Crippen LogP contribution is -2.28. The van der Waals surface area contributed by atoms with E-state index in [1.54, 1.807) is 12.1 Å². The molecule has 0 spiro atoms. The minimum Gasteiger partial charge on any atom is -0.349 e. The van der Waals surface area contributed by atoms with Crippen molar-refractivity contribution in [3.05, 3.63) is 66.0 Å². The van der Waals surface area contributed by atoms with Gasteiger partial charge in [0.15, 0.2) is 5.82 Å². The van der Waals surface area contributed by atoms with Gasteiger partial charge in [0.25, 0.3) is 0 Å². The lowest BCUT2D eigenvalue weighted by atomic mass is 10.1. The second-order valence-corrected chi connectivity index (χ2v) is 6.61. The Labute approximate surface area is 154 Å². The number of hydrogen-bond donors (Lipinski definition) is 2. The van der Waals surface area contributed by atoms with E-state index in [4.69, 9.17) is 5.84 Å². The molecular formula is C18H18FN5OS. The van der Waals surface area contributed by atoms with Gasteiger partial charge in [0.05, 0.1) is 11.8 Å². The van der Waals surface area contributed by atoms with Crippen LogP contribution in [0.15, 0.2) is 59.8 Å². The molecule has 3 rings (SSSR count). The van der Waals surface area contributed by atoms with Crippen LogP contribution in [0, 0.1) is 5.82 Å². The van der Waals surface area contributed by atoms with Crippen LogP contribution in [0.1, 0.15) is 18.5 Å². The summed E-state index contributed by atoms with van der Waals surface area (Å²) in [5.41, 5.74) is 1.68. The van der Waals surface area contributed by atoms with E-state index >= 15 is 0 Å². The Hall–Kier alpha value is -2.87. The number of hydrogen-bond acceptors (Lipinski definition) is 5. The lowest BCUT2D eigenvalue weighted by molar-refractivity contribution is -0.119. The molecule has 0 radical (unpaired) electrons. The average molecular weight is 371 g/mol. The third-order valence-electron chi connectivity index (χ3n) is 3.78. The molecular weight excluding hydrogens is 353 g/mol. The molecule has 8 heteroatoms. The quantitative estimate of drug-likeness (QED) is 0.514. The minimum absolute atomic E-state index is 0.148. The van der Waals surface area contributed by atoms with Crippen molar-refractivity contribution in [2.45, 2.75) is 18.1 Å². The zero-order valence-electron chi connectivity index (χ0n) is 14.1. The first-order valence-electron chi connectivity index (χ1n) is 7.98. The Kier molecular flexibility index (Phi) is 5.52. The first-order chi connectivity index (χ1) is 12.5.